The zero-order valence-corrected chi connectivity index (χ0v) is 10.2. The maximum absolute atomic E-state index is 5.60. The topological polar surface area (TPSA) is 52.0 Å². The van der Waals surface area contributed by atoms with E-state index in [2.05, 4.69) is 22.3 Å². The van der Waals surface area contributed by atoms with E-state index in [0.29, 0.717) is 11.5 Å². The molecule has 0 aliphatic carbocycles. The second-order valence-electron chi connectivity index (χ2n) is 3.88. The van der Waals surface area contributed by atoms with Gasteiger partial charge in [0.15, 0.2) is 5.75 Å². The van der Waals surface area contributed by atoms with Gasteiger partial charge in [0.25, 0.3) is 0 Å². The van der Waals surface area contributed by atoms with Gasteiger partial charge >= 0.3 is 0 Å². The molecule has 2 aromatic rings. The summed E-state index contributed by atoms with van der Waals surface area (Å²) in [4.78, 5) is 4.34. The number of pyridine rings is 1. The lowest BCUT2D eigenvalue weighted by Crippen LogP contribution is -2.13. The Kier molecular flexibility index (Phi) is 3.39. The van der Waals surface area contributed by atoms with E-state index in [4.69, 9.17) is 4.74 Å². The van der Waals surface area contributed by atoms with E-state index in [1.165, 1.54) is 0 Å². The van der Waals surface area contributed by atoms with Gasteiger partial charge in [0.1, 0.15) is 5.75 Å². The fourth-order valence-corrected chi connectivity index (χ4v) is 1.44. The first-order valence-corrected chi connectivity index (χ1v) is 5.49. The SMILES string of the molecule is CNC(C)c1ccc(Oc2cnn(C)c2)cn1. The van der Waals surface area contributed by atoms with Crippen LogP contribution in [0.1, 0.15) is 18.7 Å². The first-order chi connectivity index (χ1) is 8.19. The Morgan fingerprint density at radius 3 is 2.65 bits per heavy atom. The van der Waals surface area contributed by atoms with Gasteiger partial charge in [-0.25, -0.2) is 0 Å². The van der Waals surface area contributed by atoms with Gasteiger partial charge in [0, 0.05) is 13.1 Å². The van der Waals surface area contributed by atoms with Crippen molar-refractivity contribution < 1.29 is 4.74 Å². The average molecular weight is 232 g/mol. The van der Waals surface area contributed by atoms with Gasteiger partial charge in [-0.15, -0.1) is 0 Å². The molecule has 2 aromatic heterocycles. The van der Waals surface area contributed by atoms with Crippen molar-refractivity contribution in [3.8, 4) is 11.5 Å². The zero-order valence-electron chi connectivity index (χ0n) is 10.2. The van der Waals surface area contributed by atoms with Crippen LogP contribution in [0, 0.1) is 0 Å². The highest BCUT2D eigenvalue weighted by atomic mass is 16.5. The monoisotopic (exact) mass is 232 g/mol. The van der Waals surface area contributed by atoms with Crippen LogP contribution in [-0.2, 0) is 7.05 Å². The minimum Gasteiger partial charge on any atom is -0.452 e. The summed E-state index contributed by atoms with van der Waals surface area (Å²) in [5, 5.41) is 7.17. The number of nitrogens with one attached hydrogen (secondary N) is 1. The van der Waals surface area contributed by atoms with Gasteiger partial charge in [-0.3, -0.25) is 9.67 Å². The van der Waals surface area contributed by atoms with Gasteiger partial charge in [-0.1, -0.05) is 0 Å². The highest BCUT2D eigenvalue weighted by molar-refractivity contribution is 5.27. The molecule has 5 nitrogen and oxygen atoms in total. The summed E-state index contributed by atoms with van der Waals surface area (Å²) < 4.78 is 7.30. The van der Waals surface area contributed by atoms with Gasteiger partial charge in [0.05, 0.1) is 24.3 Å². The fraction of sp³-hybridized carbons (Fsp3) is 0.333. The van der Waals surface area contributed by atoms with Crippen molar-refractivity contribution >= 4 is 0 Å². The van der Waals surface area contributed by atoms with Crippen molar-refractivity contribution in [1.82, 2.24) is 20.1 Å². The first kappa shape index (κ1) is 11.6. The predicted octanol–water partition coefficient (Wildman–Crippen LogP) is 1.89. The molecule has 1 unspecified atom stereocenters. The lowest BCUT2D eigenvalue weighted by molar-refractivity contribution is 0.478. The number of aromatic nitrogens is 3. The van der Waals surface area contributed by atoms with Crippen LogP contribution < -0.4 is 10.1 Å². The van der Waals surface area contributed by atoms with Crippen molar-refractivity contribution in [2.75, 3.05) is 7.05 Å². The number of nitrogens with zero attached hydrogens (tertiary/aromatic N) is 3. The summed E-state index contributed by atoms with van der Waals surface area (Å²) >= 11 is 0. The Balaban J connectivity index is 2.08. The lowest BCUT2D eigenvalue weighted by atomic mass is 10.2. The van der Waals surface area contributed by atoms with Gasteiger partial charge in [-0.2, -0.15) is 5.10 Å². The van der Waals surface area contributed by atoms with Crippen LogP contribution in [0.3, 0.4) is 0 Å². The van der Waals surface area contributed by atoms with Crippen LogP contribution in [0.5, 0.6) is 11.5 Å². The molecule has 0 saturated heterocycles. The third-order valence-electron chi connectivity index (χ3n) is 2.55. The van der Waals surface area contributed by atoms with Gasteiger partial charge in [-0.05, 0) is 26.1 Å². The molecule has 0 aliphatic rings. The van der Waals surface area contributed by atoms with Crippen LogP contribution in [0.4, 0.5) is 0 Å². The molecule has 0 amide bonds. The molecule has 17 heavy (non-hydrogen) atoms. The van der Waals surface area contributed by atoms with Crippen LogP contribution in [0.25, 0.3) is 0 Å². The number of rotatable bonds is 4. The summed E-state index contributed by atoms with van der Waals surface area (Å²) in [6.07, 6.45) is 5.20. The number of hydrogen-bond acceptors (Lipinski definition) is 4. The third-order valence-corrected chi connectivity index (χ3v) is 2.55. The first-order valence-electron chi connectivity index (χ1n) is 5.49. The summed E-state index contributed by atoms with van der Waals surface area (Å²) in [6.45, 7) is 2.06. The summed E-state index contributed by atoms with van der Waals surface area (Å²) in [6, 6.07) is 4.10. The normalized spacial score (nSPS) is 12.4. The predicted molar refractivity (Wildman–Crippen MR) is 65.0 cm³/mol. The summed E-state index contributed by atoms with van der Waals surface area (Å²) in [7, 11) is 3.76. The Morgan fingerprint density at radius 1 is 1.29 bits per heavy atom. The highest BCUT2D eigenvalue weighted by Crippen LogP contribution is 2.20. The summed E-state index contributed by atoms with van der Waals surface area (Å²) in [5.74, 6) is 1.42. The Bertz CT molecular complexity index is 478. The van der Waals surface area contributed by atoms with E-state index in [9.17, 15) is 0 Å². The van der Waals surface area contributed by atoms with Crippen LogP contribution in [0.2, 0.25) is 0 Å². The maximum atomic E-state index is 5.60. The average Bonchev–Trinajstić information content (AvgIpc) is 2.75. The molecular weight excluding hydrogens is 216 g/mol. The number of hydrogen-bond donors (Lipinski definition) is 1. The molecule has 1 N–H and O–H groups in total. The minimum absolute atomic E-state index is 0.238. The van der Waals surface area contributed by atoms with E-state index < -0.39 is 0 Å². The molecule has 90 valence electrons. The van der Waals surface area contributed by atoms with Crippen molar-refractivity contribution in [3.63, 3.8) is 0 Å². The quantitative estimate of drug-likeness (QED) is 0.874. The standard InChI is InChI=1S/C12H16N4O/c1-9(13-2)12-5-4-10(6-14-12)17-11-7-15-16(3)8-11/h4-9,13H,1-3H3. The lowest BCUT2D eigenvalue weighted by Gasteiger charge is -2.09. The Hall–Kier alpha value is -1.88. The molecule has 0 saturated carbocycles. The summed E-state index contributed by atoms with van der Waals surface area (Å²) in [5.41, 5.74) is 0.992. The molecule has 0 spiro atoms. The van der Waals surface area contributed by atoms with Gasteiger partial charge in [0.2, 0.25) is 0 Å². The largest absolute Gasteiger partial charge is 0.452 e. The molecule has 0 aliphatic heterocycles. The Morgan fingerprint density at radius 2 is 2.12 bits per heavy atom. The van der Waals surface area contributed by atoms with E-state index in [1.807, 2.05) is 32.4 Å². The van der Waals surface area contributed by atoms with Crippen molar-refractivity contribution in [3.05, 3.63) is 36.4 Å². The van der Waals surface area contributed by atoms with Crippen molar-refractivity contribution in [2.24, 2.45) is 7.05 Å². The maximum Gasteiger partial charge on any atom is 0.165 e. The molecule has 0 radical (unpaired) electrons. The third kappa shape index (κ3) is 2.82. The molecule has 1 atom stereocenters. The second-order valence-corrected chi connectivity index (χ2v) is 3.88. The molecular formula is C12H16N4O. The van der Waals surface area contributed by atoms with Crippen molar-refractivity contribution in [1.29, 1.82) is 0 Å². The molecule has 0 aromatic carbocycles. The van der Waals surface area contributed by atoms with E-state index in [0.717, 1.165) is 5.69 Å². The molecule has 2 rings (SSSR count). The Labute approximate surface area is 100 Å². The number of ether oxygens (including phenoxy) is 1. The van der Waals surface area contributed by atoms with Gasteiger partial charge < -0.3 is 10.1 Å². The fourth-order valence-electron chi connectivity index (χ4n) is 1.44. The van der Waals surface area contributed by atoms with Crippen molar-refractivity contribution in [2.45, 2.75) is 13.0 Å². The van der Waals surface area contributed by atoms with E-state index in [-0.39, 0.29) is 6.04 Å². The van der Waals surface area contributed by atoms with Crippen LogP contribution in [0.15, 0.2) is 30.7 Å². The van der Waals surface area contributed by atoms with Crippen LogP contribution >= 0.6 is 0 Å². The molecule has 0 fully saturated rings. The smallest absolute Gasteiger partial charge is 0.165 e. The second kappa shape index (κ2) is 4.97. The molecule has 2 heterocycles. The van der Waals surface area contributed by atoms with E-state index >= 15 is 0 Å². The van der Waals surface area contributed by atoms with E-state index in [1.54, 1.807) is 17.1 Å². The highest BCUT2D eigenvalue weighted by Gasteiger charge is 2.05. The molecule has 0 bridgehead atoms. The minimum atomic E-state index is 0.238. The molecule has 5 heteroatoms. The number of aryl methyl sites for hydroxylation is 1. The zero-order chi connectivity index (χ0) is 12.3. The van der Waals surface area contributed by atoms with Crippen LogP contribution in [-0.4, -0.2) is 21.8 Å².